The van der Waals surface area contributed by atoms with E-state index in [-0.39, 0.29) is 11.7 Å². The molecule has 6 heteroatoms. The number of hydrogen-bond donors (Lipinski definition) is 1. The number of non-ortho nitro benzene ring substituents is 1. The van der Waals surface area contributed by atoms with Crippen molar-refractivity contribution >= 4 is 17.4 Å². The van der Waals surface area contributed by atoms with Crippen LogP contribution in [0.2, 0.25) is 0 Å². The molecule has 1 atom stereocenters. The van der Waals surface area contributed by atoms with Crippen molar-refractivity contribution < 1.29 is 4.92 Å². The molecule has 0 bridgehead atoms. The topological polar surface area (TPSA) is 79.0 Å². The largest absolute Gasteiger partial charge is 0.302 e. The van der Waals surface area contributed by atoms with Crippen molar-refractivity contribution in [3.8, 4) is 6.07 Å². The van der Waals surface area contributed by atoms with E-state index in [2.05, 4.69) is 18.3 Å². The highest BCUT2D eigenvalue weighted by molar-refractivity contribution is 7.99. The molecule has 0 fully saturated rings. The molecule has 0 aliphatic carbocycles. The van der Waals surface area contributed by atoms with E-state index in [1.54, 1.807) is 23.9 Å². The first-order valence-corrected chi connectivity index (χ1v) is 7.16. The van der Waals surface area contributed by atoms with Crippen molar-refractivity contribution in [1.82, 2.24) is 5.32 Å². The number of nitrogens with zero attached hydrogens (tertiary/aromatic N) is 2. The van der Waals surface area contributed by atoms with Gasteiger partial charge in [0.2, 0.25) is 0 Å². The molecule has 1 N–H and O–H groups in total. The number of thioether (sulfide) groups is 1. The van der Waals surface area contributed by atoms with Gasteiger partial charge in [-0.2, -0.15) is 5.26 Å². The van der Waals surface area contributed by atoms with Gasteiger partial charge in [-0.15, -0.1) is 11.8 Å². The van der Waals surface area contributed by atoms with Crippen LogP contribution >= 0.6 is 11.8 Å². The van der Waals surface area contributed by atoms with Crippen LogP contribution in [0.25, 0.3) is 0 Å². The van der Waals surface area contributed by atoms with E-state index in [1.165, 1.54) is 12.1 Å². The smallest absolute Gasteiger partial charge is 0.269 e. The Balaban J connectivity index is 2.36. The van der Waals surface area contributed by atoms with Gasteiger partial charge in [0.1, 0.15) is 0 Å². The number of nitrogens with one attached hydrogen (secondary N) is 1. The molecular formula is C13H17N3O2S. The molecule has 0 amide bonds. The van der Waals surface area contributed by atoms with Gasteiger partial charge < -0.3 is 5.32 Å². The minimum absolute atomic E-state index is 0.101. The highest BCUT2D eigenvalue weighted by atomic mass is 32.2. The summed E-state index contributed by atoms with van der Waals surface area (Å²) in [6.07, 6.45) is 1.77. The second-order valence-corrected chi connectivity index (χ2v) is 5.19. The summed E-state index contributed by atoms with van der Waals surface area (Å²) in [5, 5.41) is 22.6. The van der Waals surface area contributed by atoms with E-state index in [4.69, 9.17) is 5.26 Å². The van der Waals surface area contributed by atoms with Crippen molar-refractivity contribution in [2.24, 2.45) is 0 Å². The molecule has 1 aromatic carbocycles. The van der Waals surface area contributed by atoms with E-state index in [9.17, 15) is 10.1 Å². The van der Waals surface area contributed by atoms with Crippen LogP contribution in [-0.4, -0.2) is 23.3 Å². The van der Waals surface area contributed by atoms with Crippen molar-refractivity contribution in [3.05, 3.63) is 34.4 Å². The van der Waals surface area contributed by atoms with Crippen LogP contribution in [-0.2, 0) is 0 Å². The van der Waals surface area contributed by atoms with Crippen molar-refractivity contribution in [2.75, 3.05) is 12.3 Å². The van der Waals surface area contributed by atoms with Gasteiger partial charge in [-0.3, -0.25) is 10.1 Å². The van der Waals surface area contributed by atoms with Crippen LogP contribution in [0.4, 0.5) is 5.69 Å². The fourth-order valence-electron chi connectivity index (χ4n) is 1.49. The van der Waals surface area contributed by atoms with E-state index < -0.39 is 4.92 Å². The molecule has 0 aliphatic rings. The molecule has 1 aromatic rings. The molecule has 102 valence electrons. The predicted octanol–water partition coefficient (Wildman–Crippen LogP) is 2.97. The van der Waals surface area contributed by atoms with Gasteiger partial charge >= 0.3 is 0 Å². The minimum atomic E-state index is -0.408. The van der Waals surface area contributed by atoms with Crippen LogP contribution in [0.5, 0.6) is 0 Å². The molecule has 0 saturated heterocycles. The Kier molecular flexibility index (Phi) is 6.93. The number of nitriles is 1. The Labute approximate surface area is 117 Å². The van der Waals surface area contributed by atoms with Gasteiger partial charge in [0.25, 0.3) is 5.69 Å². The van der Waals surface area contributed by atoms with E-state index >= 15 is 0 Å². The summed E-state index contributed by atoms with van der Waals surface area (Å²) < 4.78 is 0. The highest BCUT2D eigenvalue weighted by Gasteiger charge is 2.07. The SMILES string of the molecule is CCCNC(C#N)CCSc1ccc([N+](=O)[O-])cc1. The van der Waals surface area contributed by atoms with Gasteiger partial charge in [0.15, 0.2) is 0 Å². The molecule has 5 nitrogen and oxygen atoms in total. The van der Waals surface area contributed by atoms with Crippen LogP contribution < -0.4 is 5.32 Å². The van der Waals surface area contributed by atoms with Crippen LogP contribution in [0.3, 0.4) is 0 Å². The van der Waals surface area contributed by atoms with Crippen LogP contribution in [0.1, 0.15) is 19.8 Å². The number of nitro benzene ring substituents is 1. The molecule has 19 heavy (non-hydrogen) atoms. The molecule has 0 saturated carbocycles. The second kappa shape index (κ2) is 8.51. The van der Waals surface area contributed by atoms with Crippen molar-refractivity contribution in [3.63, 3.8) is 0 Å². The molecule has 0 aromatic heterocycles. The number of nitro groups is 1. The Morgan fingerprint density at radius 1 is 1.47 bits per heavy atom. The maximum atomic E-state index is 10.5. The fraction of sp³-hybridized carbons (Fsp3) is 0.462. The van der Waals surface area contributed by atoms with Gasteiger partial charge in [-0.1, -0.05) is 6.92 Å². The Hall–Kier alpha value is -1.58. The number of benzene rings is 1. The van der Waals surface area contributed by atoms with E-state index in [0.717, 1.165) is 30.0 Å². The lowest BCUT2D eigenvalue weighted by Crippen LogP contribution is -2.28. The zero-order valence-electron chi connectivity index (χ0n) is 10.8. The van der Waals surface area contributed by atoms with Gasteiger partial charge in [-0.25, -0.2) is 0 Å². The van der Waals surface area contributed by atoms with Crippen molar-refractivity contribution in [1.29, 1.82) is 5.26 Å². The summed E-state index contributed by atoms with van der Waals surface area (Å²) >= 11 is 1.60. The zero-order chi connectivity index (χ0) is 14.1. The lowest BCUT2D eigenvalue weighted by Gasteiger charge is -2.09. The molecular weight excluding hydrogens is 262 g/mol. The number of hydrogen-bond acceptors (Lipinski definition) is 5. The minimum Gasteiger partial charge on any atom is -0.302 e. The molecule has 0 radical (unpaired) electrons. The standard InChI is InChI=1S/C13H17N3O2S/c1-2-8-15-11(10-14)7-9-19-13-5-3-12(4-6-13)16(17)18/h3-6,11,15H,2,7-9H2,1H3. The first kappa shape index (κ1) is 15.5. The average Bonchev–Trinajstić information content (AvgIpc) is 2.43. The quantitative estimate of drug-likeness (QED) is 0.449. The summed E-state index contributed by atoms with van der Waals surface area (Å²) in [5.41, 5.74) is 0.101. The van der Waals surface area contributed by atoms with Gasteiger partial charge in [-0.05, 0) is 31.5 Å². The van der Waals surface area contributed by atoms with Crippen LogP contribution in [0.15, 0.2) is 29.2 Å². The lowest BCUT2D eigenvalue weighted by atomic mass is 10.2. The summed E-state index contributed by atoms with van der Waals surface area (Å²) in [4.78, 5) is 11.1. The normalized spacial score (nSPS) is 11.8. The summed E-state index contributed by atoms with van der Waals surface area (Å²) in [6.45, 7) is 2.91. The monoisotopic (exact) mass is 279 g/mol. The summed E-state index contributed by atoms with van der Waals surface area (Å²) in [6, 6.07) is 8.59. The van der Waals surface area contributed by atoms with Gasteiger partial charge in [0, 0.05) is 22.8 Å². The molecule has 0 heterocycles. The first-order chi connectivity index (χ1) is 9.17. The maximum absolute atomic E-state index is 10.5. The molecule has 0 aliphatic heterocycles. The average molecular weight is 279 g/mol. The van der Waals surface area contributed by atoms with Gasteiger partial charge in [0.05, 0.1) is 17.0 Å². The lowest BCUT2D eigenvalue weighted by molar-refractivity contribution is -0.384. The molecule has 1 unspecified atom stereocenters. The third-order valence-corrected chi connectivity index (χ3v) is 3.56. The first-order valence-electron chi connectivity index (χ1n) is 6.17. The fourth-order valence-corrected chi connectivity index (χ4v) is 2.41. The maximum Gasteiger partial charge on any atom is 0.269 e. The Morgan fingerprint density at radius 3 is 2.68 bits per heavy atom. The predicted molar refractivity (Wildman–Crippen MR) is 76.1 cm³/mol. The van der Waals surface area contributed by atoms with Crippen molar-refractivity contribution in [2.45, 2.75) is 30.7 Å². The van der Waals surface area contributed by atoms with Crippen LogP contribution in [0, 0.1) is 21.4 Å². The number of rotatable bonds is 8. The zero-order valence-corrected chi connectivity index (χ0v) is 11.7. The third-order valence-electron chi connectivity index (χ3n) is 2.52. The summed E-state index contributed by atoms with van der Waals surface area (Å²) in [7, 11) is 0. The van der Waals surface area contributed by atoms with E-state index in [1.807, 2.05) is 0 Å². The Bertz CT molecular complexity index is 442. The molecule has 0 spiro atoms. The second-order valence-electron chi connectivity index (χ2n) is 4.02. The third kappa shape index (κ3) is 5.73. The summed E-state index contributed by atoms with van der Waals surface area (Å²) in [5.74, 6) is 0.812. The highest BCUT2D eigenvalue weighted by Crippen LogP contribution is 2.22. The Morgan fingerprint density at radius 2 is 2.16 bits per heavy atom. The van der Waals surface area contributed by atoms with E-state index in [0.29, 0.717) is 0 Å². The molecule has 1 rings (SSSR count).